The minimum atomic E-state index is -1.34. The number of hydrogen-bond acceptors (Lipinski definition) is 11. The second kappa shape index (κ2) is 14.3. The molecule has 1 atom stereocenters. The van der Waals surface area contributed by atoms with Crippen molar-refractivity contribution in [3.8, 4) is 5.75 Å². The molecule has 1 aromatic carbocycles. The van der Waals surface area contributed by atoms with Gasteiger partial charge in [-0.1, -0.05) is 25.5 Å². The number of halogens is 1. The van der Waals surface area contributed by atoms with E-state index < -0.39 is 52.6 Å². The first kappa shape index (κ1) is 33.1. The summed E-state index contributed by atoms with van der Waals surface area (Å²) in [7, 11) is 1.39. The zero-order valence-corrected chi connectivity index (χ0v) is 25.8. The van der Waals surface area contributed by atoms with Crippen LogP contribution in [0.2, 0.25) is 0 Å². The molecule has 2 aromatic heterocycles. The molecular formula is C30H37FN6O8. The molecule has 1 saturated carbocycles. The molecule has 45 heavy (non-hydrogen) atoms. The van der Waals surface area contributed by atoms with Crippen molar-refractivity contribution in [2.45, 2.75) is 90.7 Å². The standard InChI is InChI=1S/C30H37FN6O8/c1-6-21(45-29(41)43-20-10-8-7-9-11-20)44-23-22(24(38)32-16-18-12-14-19(31)15-13-18)33-28(37(5)27(23)40)30(3,4)34-25(39)26-36-35-17(2)42-26/h12-15,20-21H,6-11,16H2,1-5H3,(H,32,38)(H,34,39). The number of carbonyl (C=O) groups excluding carboxylic acids is 3. The fraction of sp³-hybridized carbons (Fsp3) is 0.500. The smallest absolute Gasteiger partial charge is 0.446 e. The molecular weight excluding hydrogens is 591 g/mol. The molecule has 1 aliphatic rings. The zero-order valence-electron chi connectivity index (χ0n) is 25.8. The van der Waals surface area contributed by atoms with Crippen LogP contribution in [-0.4, -0.2) is 50.1 Å². The van der Waals surface area contributed by atoms with Gasteiger partial charge in [0.15, 0.2) is 5.69 Å². The van der Waals surface area contributed by atoms with Crippen LogP contribution in [0.1, 0.15) is 97.7 Å². The van der Waals surface area contributed by atoms with Gasteiger partial charge in [0, 0.05) is 26.9 Å². The molecule has 242 valence electrons. The monoisotopic (exact) mass is 628 g/mol. The average Bonchev–Trinajstić information content (AvgIpc) is 3.45. The van der Waals surface area contributed by atoms with Crippen LogP contribution in [0.15, 0.2) is 33.5 Å². The van der Waals surface area contributed by atoms with E-state index in [9.17, 15) is 23.6 Å². The van der Waals surface area contributed by atoms with Gasteiger partial charge in [-0.3, -0.25) is 19.0 Å². The van der Waals surface area contributed by atoms with Crippen LogP contribution >= 0.6 is 0 Å². The van der Waals surface area contributed by atoms with Gasteiger partial charge >= 0.3 is 18.0 Å². The van der Waals surface area contributed by atoms with Crippen LogP contribution in [0, 0.1) is 12.7 Å². The topological polar surface area (TPSA) is 177 Å². The van der Waals surface area contributed by atoms with E-state index in [0.717, 1.165) is 36.7 Å². The molecule has 2 heterocycles. The van der Waals surface area contributed by atoms with E-state index in [4.69, 9.17) is 18.6 Å². The van der Waals surface area contributed by atoms with Crippen molar-refractivity contribution in [2.24, 2.45) is 7.05 Å². The lowest BCUT2D eigenvalue weighted by Crippen LogP contribution is -2.46. The maximum atomic E-state index is 13.7. The van der Waals surface area contributed by atoms with Gasteiger partial charge in [0.25, 0.3) is 11.5 Å². The summed E-state index contributed by atoms with van der Waals surface area (Å²) in [5.41, 5.74) is -1.97. The van der Waals surface area contributed by atoms with E-state index in [2.05, 4.69) is 25.8 Å². The Morgan fingerprint density at radius 3 is 2.42 bits per heavy atom. The molecule has 3 aromatic rings. The fourth-order valence-corrected chi connectivity index (χ4v) is 4.83. The zero-order chi connectivity index (χ0) is 32.7. The highest BCUT2D eigenvalue weighted by molar-refractivity contribution is 5.95. The summed E-state index contributed by atoms with van der Waals surface area (Å²) in [5.74, 6) is -2.58. The molecule has 4 rings (SSSR count). The number of rotatable bonds is 11. The minimum absolute atomic E-state index is 0.0120. The first-order valence-electron chi connectivity index (χ1n) is 14.7. The summed E-state index contributed by atoms with van der Waals surface area (Å²) in [6.45, 7) is 6.30. The first-order chi connectivity index (χ1) is 21.4. The summed E-state index contributed by atoms with van der Waals surface area (Å²) in [4.78, 5) is 57.1. The largest absolute Gasteiger partial charge is 0.511 e. The maximum Gasteiger partial charge on any atom is 0.511 e. The Kier molecular flexibility index (Phi) is 10.5. The number of benzene rings is 1. The molecule has 1 aliphatic carbocycles. The second-order valence-corrected chi connectivity index (χ2v) is 11.2. The lowest BCUT2D eigenvalue weighted by molar-refractivity contribution is -0.0797. The van der Waals surface area contributed by atoms with Crippen LogP contribution in [0.4, 0.5) is 9.18 Å². The highest BCUT2D eigenvalue weighted by Crippen LogP contribution is 2.24. The van der Waals surface area contributed by atoms with Crippen molar-refractivity contribution >= 4 is 18.0 Å². The Labute approximate surface area is 258 Å². The molecule has 1 unspecified atom stereocenters. The van der Waals surface area contributed by atoms with Crippen molar-refractivity contribution in [2.75, 3.05) is 0 Å². The van der Waals surface area contributed by atoms with Crippen molar-refractivity contribution in [3.05, 3.63) is 69.3 Å². The summed E-state index contributed by atoms with van der Waals surface area (Å²) < 4.78 is 36.3. The normalized spacial score (nSPS) is 14.4. The van der Waals surface area contributed by atoms with E-state index >= 15 is 0 Å². The minimum Gasteiger partial charge on any atom is -0.446 e. The summed E-state index contributed by atoms with van der Waals surface area (Å²) in [6, 6.07) is 5.48. The number of aromatic nitrogens is 4. The molecule has 0 bridgehead atoms. The molecule has 0 aliphatic heterocycles. The quantitative estimate of drug-likeness (QED) is 0.233. The predicted octanol–water partition coefficient (Wildman–Crippen LogP) is 3.81. The lowest BCUT2D eigenvalue weighted by atomic mass is 9.98. The molecule has 1 fully saturated rings. The number of amides is 2. The highest BCUT2D eigenvalue weighted by atomic mass is 19.1. The van der Waals surface area contributed by atoms with Crippen LogP contribution in [0.25, 0.3) is 0 Å². The third-order valence-corrected chi connectivity index (χ3v) is 7.16. The summed E-state index contributed by atoms with van der Waals surface area (Å²) in [5, 5.41) is 12.7. The Balaban J connectivity index is 1.64. The number of aryl methyl sites for hydroxylation is 1. The van der Waals surface area contributed by atoms with Gasteiger partial charge in [0.05, 0.1) is 5.54 Å². The number of nitrogens with one attached hydrogen (secondary N) is 2. The Bertz CT molecular complexity index is 1580. The molecule has 2 N–H and O–H groups in total. The molecule has 15 heteroatoms. The Hall–Kier alpha value is -4.82. The van der Waals surface area contributed by atoms with Gasteiger partial charge in [-0.25, -0.2) is 14.2 Å². The van der Waals surface area contributed by atoms with Gasteiger partial charge < -0.3 is 29.3 Å². The Morgan fingerprint density at radius 1 is 1.11 bits per heavy atom. The van der Waals surface area contributed by atoms with Crippen LogP contribution < -0.4 is 20.9 Å². The second-order valence-electron chi connectivity index (χ2n) is 11.2. The molecule has 2 amide bonds. The predicted molar refractivity (Wildman–Crippen MR) is 156 cm³/mol. The average molecular weight is 629 g/mol. The van der Waals surface area contributed by atoms with Crippen molar-refractivity contribution in [1.29, 1.82) is 0 Å². The van der Waals surface area contributed by atoms with Gasteiger partial charge in [0.2, 0.25) is 17.9 Å². The van der Waals surface area contributed by atoms with Gasteiger partial charge in [0.1, 0.15) is 17.7 Å². The van der Waals surface area contributed by atoms with Crippen molar-refractivity contribution in [1.82, 2.24) is 30.4 Å². The molecule has 0 saturated heterocycles. The van der Waals surface area contributed by atoms with Crippen LogP contribution in [0.5, 0.6) is 5.75 Å². The summed E-state index contributed by atoms with van der Waals surface area (Å²) >= 11 is 0. The Morgan fingerprint density at radius 2 is 1.80 bits per heavy atom. The van der Waals surface area contributed by atoms with Gasteiger partial charge in [-0.05, 0) is 57.2 Å². The molecule has 0 spiro atoms. The molecule has 14 nitrogen and oxygen atoms in total. The maximum absolute atomic E-state index is 13.7. The fourth-order valence-electron chi connectivity index (χ4n) is 4.83. The van der Waals surface area contributed by atoms with Crippen LogP contribution in [-0.2, 0) is 28.6 Å². The van der Waals surface area contributed by atoms with E-state index in [0.29, 0.717) is 5.56 Å². The lowest BCUT2D eigenvalue weighted by Gasteiger charge is -2.28. The summed E-state index contributed by atoms with van der Waals surface area (Å²) in [6.07, 6.45) is 2.06. The third-order valence-electron chi connectivity index (χ3n) is 7.16. The number of nitrogens with zero attached hydrogens (tertiary/aromatic N) is 4. The third kappa shape index (κ3) is 8.42. The van der Waals surface area contributed by atoms with E-state index in [1.165, 1.54) is 38.2 Å². The number of hydrogen-bond donors (Lipinski definition) is 2. The number of carbonyl (C=O) groups is 3. The van der Waals surface area contributed by atoms with E-state index in [1.54, 1.807) is 20.8 Å². The first-order valence-corrected chi connectivity index (χ1v) is 14.7. The number of ether oxygens (including phenoxy) is 3. The van der Waals surface area contributed by atoms with Gasteiger partial charge in [-0.2, -0.15) is 0 Å². The van der Waals surface area contributed by atoms with Crippen LogP contribution in [0.3, 0.4) is 0 Å². The van der Waals surface area contributed by atoms with E-state index in [1.807, 2.05) is 0 Å². The molecule has 0 radical (unpaired) electrons. The highest BCUT2D eigenvalue weighted by Gasteiger charge is 2.34. The van der Waals surface area contributed by atoms with Crippen molar-refractivity contribution < 1.29 is 37.4 Å². The van der Waals surface area contributed by atoms with Gasteiger partial charge in [-0.15, -0.1) is 10.2 Å². The van der Waals surface area contributed by atoms with E-state index in [-0.39, 0.29) is 36.7 Å². The SMILES string of the molecule is CCC(OC(=O)OC1CCCCC1)Oc1c(C(=O)NCc2ccc(F)cc2)nc(C(C)(C)NC(=O)c2nnc(C)o2)n(C)c1=O. The van der Waals surface area contributed by atoms with Crippen molar-refractivity contribution in [3.63, 3.8) is 0 Å².